The van der Waals surface area contributed by atoms with E-state index in [4.69, 9.17) is 9.15 Å². The molecule has 0 radical (unpaired) electrons. The maximum absolute atomic E-state index is 11.8. The minimum Gasteiger partial charge on any atom is -0.472 e. The van der Waals surface area contributed by atoms with Crippen molar-refractivity contribution in [3.63, 3.8) is 0 Å². The summed E-state index contributed by atoms with van der Waals surface area (Å²) in [6, 6.07) is 10.8. The summed E-state index contributed by atoms with van der Waals surface area (Å²) in [4.78, 5) is 23.4. The predicted octanol–water partition coefficient (Wildman–Crippen LogP) is 2.72. The number of alkyl carbamates (subject to hydrolysis) is 1. The maximum atomic E-state index is 11.8. The Morgan fingerprint density at radius 2 is 2.00 bits per heavy atom. The van der Waals surface area contributed by atoms with Gasteiger partial charge in [0.15, 0.2) is 0 Å². The molecule has 0 aliphatic rings. The first kappa shape index (κ1) is 15.4. The third-order valence-corrected chi connectivity index (χ3v) is 2.71. The van der Waals surface area contributed by atoms with E-state index in [1.165, 1.54) is 25.7 Å². The average Bonchev–Trinajstić information content (AvgIpc) is 3.05. The van der Waals surface area contributed by atoms with Gasteiger partial charge in [0.05, 0.1) is 19.6 Å². The van der Waals surface area contributed by atoms with Gasteiger partial charge in [-0.1, -0.05) is 30.3 Å². The molecular formula is C16H15NO5. The summed E-state index contributed by atoms with van der Waals surface area (Å²) in [6.07, 6.45) is 3.57. The normalized spacial score (nSPS) is 10.9. The van der Waals surface area contributed by atoms with E-state index in [1.54, 1.807) is 6.07 Å². The van der Waals surface area contributed by atoms with Crippen molar-refractivity contribution in [2.75, 3.05) is 7.11 Å². The number of methoxy groups -OCH3 is 1. The van der Waals surface area contributed by atoms with Crippen molar-refractivity contribution in [1.82, 2.24) is 5.32 Å². The van der Waals surface area contributed by atoms with Gasteiger partial charge in [0.1, 0.15) is 12.3 Å². The topological polar surface area (TPSA) is 77.8 Å². The van der Waals surface area contributed by atoms with Gasteiger partial charge in [0.2, 0.25) is 0 Å². The highest BCUT2D eigenvalue weighted by atomic mass is 16.6. The molecule has 0 aliphatic carbocycles. The van der Waals surface area contributed by atoms with E-state index in [9.17, 15) is 9.59 Å². The fourth-order valence-electron chi connectivity index (χ4n) is 1.65. The molecule has 0 saturated heterocycles. The van der Waals surface area contributed by atoms with Gasteiger partial charge >= 0.3 is 12.1 Å². The number of amides is 1. The number of ether oxygens (including phenoxy) is 2. The second kappa shape index (κ2) is 7.68. The Morgan fingerprint density at radius 1 is 1.23 bits per heavy atom. The Kier molecular flexibility index (Phi) is 5.37. The SMILES string of the molecule is COC(=O)C(=Cc1ccoc1)NC(=O)OCc1ccccc1. The quantitative estimate of drug-likeness (QED) is 0.678. The van der Waals surface area contributed by atoms with Crippen LogP contribution in [-0.4, -0.2) is 19.2 Å². The minimum absolute atomic E-state index is 0.0399. The number of nitrogens with one attached hydrogen (secondary N) is 1. The Bertz CT molecular complexity index is 646. The number of carbonyl (C=O) groups is 2. The summed E-state index contributed by atoms with van der Waals surface area (Å²) in [6.45, 7) is 0.104. The third-order valence-electron chi connectivity index (χ3n) is 2.71. The van der Waals surface area contributed by atoms with Gasteiger partial charge in [-0.05, 0) is 17.7 Å². The summed E-state index contributed by atoms with van der Waals surface area (Å²) < 4.78 is 14.6. The molecule has 1 amide bonds. The highest BCUT2D eigenvalue weighted by Crippen LogP contribution is 2.08. The van der Waals surface area contributed by atoms with Gasteiger partial charge in [-0.25, -0.2) is 9.59 Å². The van der Waals surface area contributed by atoms with E-state index in [-0.39, 0.29) is 12.3 Å². The van der Waals surface area contributed by atoms with Crippen LogP contribution in [0.25, 0.3) is 6.08 Å². The van der Waals surface area contributed by atoms with Crippen molar-refractivity contribution in [3.8, 4) is 0 Å². The number of hydrogen-bond donors (Lipinski definition) is 1. The Hall–Kier alpha value is -3.02. The van der Waals surface area contributed by atoms with E-state index in [0.717, 1.165) is 5.56 Å². The molecular weight excluding hydrogens is 286 g/mol. The number of furan rings is 1. The first-order valence-electron chi connectivity index (χ1n) is 6.49. The molecule has 0 atom stereocenters. The van der Waals surface area contributed by atoms with E-state index >= 15 is 0 Å². The largest absolute Gasteiger partial charge is 0.472 e. The lowest BCUT2D eigenvalue weighted by molar-refractivity contribution is -0.136. The van der Waals surface area contributed by atoms with Crippen molar-refractivity contribution >= 4 is 18.1 Å². The molecule has 0 bridgehead atoms. The predicted molar refractivity (Wildman–Crippen MR) is 78.5 cm³/mol. The van der Waals surface area contributed by atoms with E-state index in [1.807, 2.05) is 30.3 Å². The van der Waals surface area contributed by atoms with E-state index in [2.05, 4.69) is 10.1 Å². The molecule has 6 nitrogen and oxygen atoms in total. The molecule has 2 rings (SSSR count). The summed E-state index contributed by atoms with van der Waals surface area (Å²) in [5.74, 6) is -0.683. The Balaban J connectivity index is 1.98. The van der Waals surface area contributed by atoms with Gasteiger partial charge < -0.3 is 13.9 Å². The lowest BCUT2D eigenvalue weighted by atomic mass is 10.2. The van der Waals surface area contributed by atoms with Crippen LogP contribution in [-0.2, 0) is 20.9 Å². The molecule has 1 heterocycles. The van der Waals surface area contributed by atoms with Crippen LogP contribution in [0.5, 0.6) is 0 Å². The van der Waals surface area contributed by atoms with Gasteiger partial charge in [-0.3, -0.25) is 5.32 Å². The molecule has 1 N–H and O–H groups in total. The number of carbonyl (C=O) groups excluding carboxylic acids is 2. The highest BCUT2D eigenvalue weighted by molar-refractivity contribution is 5.96. The Labute approximate surface area is 127 Å². The maximum Gasteiger partial charge on any atom is 0.412 e. The molecule has 1 aromatic heterocycles. The van der Waals surface area contributed by atoms with Crippen molar-refractivity contribution in [1.29, 1.82) is 0 Å². The lowest BCUT2D eigenvalue weighted by Gasteiger charge is -2.09. The van der Waals surface area contributed by atoms with Gasteiger partial charge in [0, 0.05) is 5.56 Å². The molecule has 0 unspecified atom stereocenters. The van der Waals surface area contributed by atoms with Crippen LogP contribution in [0.1, 0.15) is 11.1 Å². The minimum atomic E-state index is -0.746. The summed E-state index contributed by atoms with van der Waals surface area (Å²) in [5.41, 5.74) is 1.42. The monoisotopic (exact) mass is 301 g/mol. The Morgan fingerprint density at radius 3 is 2.64 bits per heavy atom. The lowest BCUT2D eigenvalue weighted by Crippen LogP contribution is -2.28. The van der Waals surface area contributed by atoms with Crippen molar-refractivity contribution in [3.05, 3.63) is 65.7 Å². The van der Waals surface area contributed by atoms with Gasteiger partial charge in [0.25, 0.3) is 0 Å². The van der Waals surface area contributed by atoms with Crippen LogP contribution in [0.15, 0.2) is 59.0 Å². The zero-order valence-corrected chi connectivity index (χ0v) is 11.9. The van der Waals surface area contributed by atoms with Crippen LogP contribution in [0, 0.1) is 0 Å². The molecule has 0 fully saturated rings. The van der Waals surface area contributed by atoms with Crippen molar-refractivity contribution in [2.24, 2.45) is 0 Å². The first-order valence-corrected chi connectivity index (χ1v) is 6.49. The van der Waals surface area contributed by atoms with Crippen LogP contribution in [0.3, 0.4) is 0 Å². The third kappa shape index (κ3) is 4.52. The number of esters is 1. The van der Waals surface area contributed by atoms with Crippen molar-refractivity contribution < 1.29 is 23.5 Å². The summed E-state index contributed by atoms with van der Waals surface area (Å²) >= 11 is 0. The van der Waals surface area contributed by atoms with Crippen LogP contribution in [0.4, 0.5) is 4.79 Å². The zero-order chi connectivity index (χ0) is 15.8. The first-order chi connectivity index (χ1) is 10.7. The smallest absolute Gasteiger partial charge is 0.412 e. The molecule has 0 saturated carbocycles. The van der Waals surface area contributed by atoms with Gasteiger partial charge in [-0.2, -0.15) is 0 Å². The van der Waals surface area contributed by atoms with Crippen molar-refractivity contribution in [2.45, 2.75) is 6.61 Å². The molecule has 114 valence electrons. The standard InChI is InChI=1S/C16H15NO5/c1-20-15(18)14(9-13-7-8-21-10-13)17-16(19)22-11-12-5-3-2-4-6-12/h2-10H,11H2,1H3,(H,17,19). The second-order valence-electron chi connectivity index (χ2n) is 4.29. The fraction of sp³-hybridized carbons (Fsp3) is 0.125. The second-order valence-corrected chi connectivity index (χ2v) is 4.29. The highest BCUT2D eigenvalue weighted by Gasteiger charge is 2.14. The number of benzene rings is 1. The number of rotatable bonds is 5. The molecule has 0 aliphatic heterocycles. The number of hydrogen-bond acceptors (Lipinski definition) is 5. The van der Waals surface area contributed by atoms with Crippen LogP contribution < -0.4 is 5.32 Å². The zero-order valence-electron chi connectivity index (χ0n) is 11.9. The average molecular weight is 301 g/mol. The summed E-state index contributed by atoms with van der Waals surface area (Å²) in [7, 11) is 1.22. The molecule has 0 spiro atoms. The molecule has 22 heavy (non-hydrogen) atoms. The molecule has 2 aromatic rings. The van der Waals surface area contributed by atoms with Gasteiger partial charge in [-0.15, -0.1) is 0 Å². The van der Waals surface area contributed by atoms with E-state index in [0.29, 0.717) is 5.56 Å². The van der Waals surface area contributed by atoms with Crippen LogP contribution >= 0.6 is 0 Å². The fourth-order valence-corrected chi connectivity index (χ4v) is 1.65. The molecule has 6 heteroatoms. The molecule has 1 aromatic carbocycles. The summed E-state index contributed by atoms with van der Waals surface area (Å²) in [5, 5.41) is 2.36. The van der Waals surface area contributed by atoms with Crippen LogP contribution in [0.2, 0.25) is 0 Å². The van der Waals surface area contributed by atoms with E-state index < -0.39 is 12.1 Å².